The van der Waals surface area contributed by atoms with Gasteiger partial charge in [-0.1, -0.05) is 5.16 Å². The Labute approximate surface area is 125 Å². The van der Waals surface area contributed by atoms with E-state index in [-0.39, 0.29) is 5.84 Å². The lowest BCUT2D eigenvalue weighted by Crippen LogP contribution is -2.38. The summed E-state index contributed by atoms with van der Waals surface area (Å²) in [6.07, 6.45) is 4.21. The molecule has 1 aromatic rings. The molecule has 0 aromatic carbocycles. The van der Waals surface area contributed by atoms with Crippen LogP contribution in [0, 0.1) is 0 Å². The highest BCUT2D eigenvalue weighted by molar-refractivity contribution is 6.01. The van der Waals surface area contributed by atoms with Gasteiger partial charge in [0.25, 0.3) is 0 Å². The van der Waals surface area contributed by atoms with Crippen LogP contribution in [0.25, 0.3) is 0 Å². The summed E-state index contributed by atoms with van der Waals surface area (Å²) >= 11 is 0. The molecule has 0 fully saturated rings. The van der Waals surface area contributed by atoms with Crippen LogP contribution < -0.4 is 10.6 Å². The first kappa shape index (κ1) is 15.6. The minimum absolute atomic E-state index is 0.0495. The van der Waals surface area contributed by atoms with Crippen molar-refractivity contribution < 1.29 is 10.3 Å². The van der Waals surface area contributed by atoms with Crippen LogP contribution in [0.4, 0.5) is 5.82 Å². The summed E-state index contributed by atoms with van der Waals surface area (Å²) in [6, 6.07) is 1.97. The molecule has 4 N–H and O–H groups in total. The lowest BCUT2D eigenvalue weighted by Gasteiger charge is -2.29. The second kappa shape index (κ2) is 5.89. The molecule has 0 amide bonds. The van der Waals surface area contributed by atoms with E-state index < -0.39 is 5.60 Å². The predicted octanol–water partition coefficient (Wildman–Crippen LogP) is 1.26. The van der Waals surface area contributed by atoms with Crippen molar-refractivity contribution in [2.75, 3.05) is 18.5 Å². The van der Waals surface area contributed by atoms with Gasteiger partial charge in [-0.2, -0.15) is 0 Å². The molecule has 1 aliphatic carbocycles. The molecule has 6 heteroatoms. The van der Waals surface area contributed by atoms with Gasteiger partial charge in [-0.3, -0.25) is 0 Å². The quantitative estimate of drug-likeness (QED) is 0.336. The highest BCUT2D eigenvalue weighted by Crippen LogP contribution is 2.27. The lowest BCUT2D eigenvalue weighted by molar-refractivity contribution is 0.0884. The second-order valence-electron chi connectivity index (χ2n) is 6.33. The number of oxime groups is 1. The molecule has 0 bridgehead atoms. The molecule has 1 aliphatic rings. The third kappa shape index (κ3) is 3.64. The summed E-state index contributed by atoms with van der Waals surface area (Å²) in [6.45, 7) is 3.89. The summed E-state index contributed by atoms with van der Waals surface area (Å²) in [5.74, 6) is 0.696. The summed E-state index contributed by atoms with van der Waals surface area (Å²) in [5.41, 5.74) is 7.81. The number of rotatable bonds is 4. The van der Waals surface area contributed by atoms with Gasteiger partial charge in [0.05, 0.1) is 11.2 Å². The number of fused-ring (bicyclic) bond motifs is 1. The Bertz CT molecular complexity index is 549. The first-order valence-electron chi connectivity index (χ1n) is 7.26. The van der Waals surface area contributed by atoms with Crippen molar-refractivity contribution in [3.8, 4) is 0 Å². The summed E-state index contributed by atoms with van der Waals surface area (Å²) in [5, 5.41) is 22.1. The average molecular weight is 292 g/mol. The molecule has 0 saturated carbocycles. The molecule has 0 atom stereocenters. The van der Waals surface area contributed by atoms with E-state index in [2.05, 4.69) is 5.16 Å². The van der Waals surface area contributed by atoms with Crippen molar-refractivity contribution in [2.45, 2.75) is 45.1 Å². The maximum atomic E-state index is 9.99. The van der Waals surface area contributed by atoms with Crippen LogP contribution in [0.3, 0.4) is 0 Å². The van der Waals surface area contributed by atoms with Crippen molar-refractivity contribution in [3.05, 3.63) is 22.9 Å². The van der Waals surface area contributed by atoms with E-state index >= 15 is 0 Å². The largest absolute Gasteiger partial charge is 0.409 e. The fourth-order valence-corrected chi connectivity index (χ4v) is 2.81. The van der Waals surface area contributed by atoms with Gasteiger partial charge in [-0.25, -0.2) is 4.98 Å². The van der Waals surface area contributed by atoms with Gasteiger partial charge < -0.3 is 20.9 Å². The SMILES string of the molecule is CN(CC(C)(C)O)c1nc2c(cc1C(N)=NO)CCCC2. The van der Waals surface area contributed by atoms with Crippen LogP contribution in [-0.4, -0.2) is 40.3 Å². The number of aliphatic hydroxyl groups is 1. The van der Waals surface area contributed by atoms with E-state index in [1.54, 1.807) is 13.8 Å². The number of aromatic nitrogens is 1. The highest BCUT2D eigenvalue weighted by atomic mass is 16.4. The Morgan fingerprint density at radius 2 is 2.10 bits per heavy atom. The van der Waals surface area contributed by atoms with Gasteiger partial charge >= 0.3 is 0 Å². The van der Waals surface area contributed by atoms with Crippen molar-refractivity contribution in [1.29, 1.82) is 0 Å². The van der Waals surface area contributed by atoms with E-state index in [9.17, 15) is 5.11 Å². The van der Waals surface area contributed by atoms with Crippen LogP contribution in [0.15, 0.2) is 11.2 Å². The average Bonchev–Trinajstić information content (AvgIpc) is 2.43. The Hall–Kier alpha value is -1.82. The number of hydrogen-bond donors (Lipinski definition) is 3. The number of aryl methyl sites for hydroxylation is 2. The molecule has 0 radical (unpaired) electrons. The highest BCUT2D eigenvalue weighted by Gasteiger charge is 2.23. The smallest absolute Gasteiger partial charge is 0.173 e. The molecule has 0 spiro atoms. The molecule has 1 heterocycles. The van der Waals surface area contributed by atoms with Crippen molar-refractivity contribution in [1.82, 2.24) is 4.98 Å². The van der Waals surface area contributed by atoms with Gasteiger partial charge in [0.2, 0.25) is 0 Å². The number of nitrogens with zero attached hydrogens (tertiary/aromatic N) is 3. The van der Waals surface area contributed by atoms with Crippen LogP contribution in [0.5, 0.6) is 0 Å². The Morgan fingerprint density at radius 3 is 2.71 bits per heavy atom. The van der Waals surface area contributed by atoms with E-state index in [1.165, 1.54) is 5.56 Å². The normalized spacial score (nSPS) is 15.7. The van der Waals surface area contributed by atoms with Gasteiger partial charge in [0, 0.05) is 19.3 Å². The molecule has 1 aromatic heterocycles. The molecule has 0 saturated heterocycles. The number of anilines is 1. The molecular formula is C15H24N4O2. The summed E-state index contributed by atoms with van der Waals surface area (Å²) < 4.78 is 0. The monoisotopic (exact) mass is 292 g/mol. The maximum absolute atomic E-state index is 9.99. The minimum atomic E-state index is -0.852. The van der Waals surface area contributed by atoms with E-state index in [4.69, 9.17) is 15.9 Å². The molecule has 0 aliphatic heterocycles. The number of amidine groups is 1. The zero-order chi connectivity index (χ0) is 15.6. The Kier molecular flexibility index (Phi) is 4.37. The molecule has 116 valence electrons. The van der Waals surface area contributed by atoms with Gasteiger partial charge in [0.1, 0.15) is 5.82 Å². The van der Waals surface area contributed by atoms with Crippen molar-refractivity contribution in [3.63, 3.8) is 0 Å². The van der Waals surface area contributed by atoms with Gasteiger partial charge in [-0.15, -0.1) is 0 Å². The van der Waals surface area contributed by atoms with Crippen LogP contribution in [0.1, 0.15) is 43.5 Å². The first-order valence-corrected chi connectivity index (χ1v) is 7.26. The number of nitrogens with two attached hydrogens (primary N) is 1. The fraction of sp³-hybridized carbons (Fsp3) is 0.600. The minimum Gasteiger partial charge on any atom is -0.409 e. The van der Waals surface area contributed by atoms with Crippen LogP contribution in [-0.2, 0) is 12.8 Å². The lowest BCUT2D eigenvalue weighted by atomic mass is 9.94. The third-order valence-electron chi connectivity index (χ3n) is 3.65. The fourth-order valence-electron chi connectivity index (χ4n) is 2.81. The zero-order valence-electron chi connectivity index (χ0n) is 12.9. The molecule has 0 unspecified atom stereocenters. The predicted molar refractivity (Wildman–Crippen MR) is 83.0 cm³/mol. The third-order valence-corrected chi connectivity index (χ3v) is 3.65. The first-order chi connectivity index (χ1) is 9.81. The molecular weight excluding hydrogens is 268 g/mol. The molecule has 6 nitrogen and oxygen atoms in total. The molecule has 2 rings (SSSR count). The standard InChI is InChI=1S/C15H24N4O2/c1-15(2,20)9-19(3)14-11(13(16)18-21)8-10-6-4-5-7-12(10)17-14/h8,20-21H,4-7,9H2,1-3H3,(H2,16,18). The summed E-state index contributed by atoms with van der Waals surface area (Å²) in [7, 11) is 1.85. The second-order valence-corrected chi connectivity index (χ2v) is 6.33. The van der Waals surface area contributed by atoms with Crippen LogP contribution >= 0.6 is 0 Å². The molecule has 21 heavy (non-hydrogen) atoms. The zero-order valence-corrected chi connectivity index (χ0v) is 12.9. The van der Waals surface area contributed by atoms with Crippen molar-refractivity contribution >= 4 is 11.7 Å². The topological polar surface area (TPSA) is 95.0 Å². The van der Waals surface area contributed by atoms with E-state index in [0.29, 0.717) is 17.9 Å². The van der Waals surface area contributed by atoms with E-state index in [0.717, 1.165) is 31.4 Å². The van der Waals surface area contributed by atoms with E-state index in [1.807, 2.05) is 18.0 Å². The van der Waals surface area contributed by atoms with Crippen LogP contribution in [0.2, 0.25) is 0 Å². The summed E-state index contributed by atoms with van der Waals surface area (Å²) in [4.78, 5) is 6.56. The number of hydrogen-bond acceptors (Lipinski definition) is 5. The van der Waals surface area contributed by atoms with Gasteiger partial charge in [0.15, 0.2) is 5.84 Å². The number of likely N-dealkylation sites (N-methyl/N-ethyl adjacent to an activating group) is 1. The Morgan fingerprint density at radius 1 is 1.43 bits per heavy atom. The Balaban J connectivity index is 2.46. The van der Waals surface area contributed by atoms with Gasteiger partial charge in [-0.05, 0) is 51.2 Å². The van der Waals surface area contributed by atoms with Crippen molar-refractivity contribution in [2.24, 2.45) is 10.9 Å². The number of pyridine rings is 1. The maximum Gasteiger partial charge on any atom is 0.173 e.